The molecule has 1 aromatic carbocycles. The summed E-state index contributed by atoms with van der Waals surface area (Å²) in [6, 6.07) is 8.03. The predicted octanol–water partition coefficient (Wildman–Crippen LogP) is 0.941. The van der Waals surface area contributed by atoms with Crippen LogP contribution in [0.2, 0.25) is 0 Å². The number of piperazine rings is 1. The van der Waals surface area contributed by atoms with E-state index in [0.717, 1.165) is 11.1 Å². The number of hydrogen-bond acceptors (Lipinski definition) is 3. The van der Waals surface area contributed by atoms with E-state index in [1.807, 2.05) is 25.1 Å². The normalized spacial score (nSPS) is 29.4. The van der Waals surface area contributed by atoms with Crippen molar-refractivity contribution in [2.75, 3.05) is 13.1 Å². The lowest BCUT2D eigenvalue weighted by Gasteiger charge is -2.38. The second-order valence-corrected chi connectivity index (χ2v) is 5.51. The maximum Gasteiger partial charge on any atom is 0.316 e. The maximum atomic E-state index is 12.2. The average Bonchev–Trinajstić information content (AvgIpc) is 2.77. The van der Waals surface area contributed by atoms with E-state index in [2.05, 4.69) is 11.4 Å². The number of benzene rings is 1. The number of nitrogens with one attached hydrogen (secondary N) is 1. The number of rotatable bonds is 2. The van der Waals surface area contributed by atoms with Gasteiger partial charge in [-0.25, -0.2) is 0 Å². The summed E-state index contributed by atoms with van der Waals surface area (Å²) in [5.74, 6) is -2.12. The van der Waals surface area contributed by atoms with Gasteiger partial charge in [-0.1, -0.05) is 24.3 Å². The highest BCUT2D eigenvalue weighted by atomic mass is 16.4. The molecule has 5 heteroatoms. The summed E-state index contributed by atoms with van der Waals surface area (Å²) in [7, 11) is 0. The third kappa shape index (κ3) is 1.98. The average molecular weight is 274 g/mol. The Balaban J connectivity index is 1.93. The highest BCUT2D eigenvalue weighted by molar-refractivity contribution is 5.99. The van der Waals surface area contributed by atoms with Gasteiger partial charge in [-0.2, -0.15) is 0 Å². The van der Waals surface area contributed by atoms with Gasteiger partial charge in [-0.3, -0.25) is 9.59 Å². The summed E-state index contributed by atoms with van der Waals surface area (Å²) in [6.07, 6.45) is 0.389. The molecule has 0 bridgehead atoms. The molecule has 2 fully saturated rings. The van der Waals surface area contributed by atoms with E-state index in [1.165, 1.54) is 0 Å². The van der Waals surface area contributed by atoms with Gasteiger partial charge in [0.05, 0.1) is 12.1 Å². The number of fused-ring (bicyclic) bond motifs is 1. The molecule has 1 amide bonds. The second-order valence-electron chi connectivity index (χ2n) is 5.51. The predicted molar refractivity (Wildman–Crippen MR) is 73.2 cm³/mol. The van der Waals surface area contributed by atoms with Crippen molar-refractivity contribution < 1.29 is 14.7 Å². The summed E-state index contributed by atoms with van der Waals surface area (Å²) in [6.45, 7) is 3.34. The third-order valence-corrected chi connectivity index (χ3v) is 4.38. The van der Waals surface area contributed by atoms with Gasteiger partial charge in [0.25, 0.3) is 0 Å². The van der Waals surface area contributed by atoms with Crippen molar-refractivity contribution in [2.24, 2.45) is 5.92 Å². The number of carbonyl (C=O) groups excluding carboxylic acids is 1. The summed E-state index contributed by atoms with van der Waals surface area (Å²) in [4.78, 5) is 25.1. The fourth-order valence-corrected chi connectivity index (χ4v) is 3.36. The number of aryl methyl sites for hydroxylation is 1. The van der Waals surface area contributed by atoms with Crippen molar-refractivity contribution in [2.45, 2.75) is 25.4 Å². The van der Waals surface area contributed by atoms with Crippen LogP contribution in [0.15, 0.2) is 24.3 Å². The smallest absolute Gasteiger partial charge is 0.316 e. The minimum absolute atomic E-state index is 0.0262. The van der Waals surface area contributed by atoms with Crippen LogP contribution in [-0.4, -0.2) is 41.0 Å². The van der Waals surface area contributed by atoms with E-state index in [-0.39, 0.29) is 18.0 Å². The van der Waals surface area contributed by atoms with Crippen molar-refractivity contribution in [3.05, 3.63) is 35.4 Å². The summed E-state index contributed by atoms with van der Waals surface area (Å²) >= 11 is 0. The largest absolute Gasteiger partial charge is 0.481 e. The molecular formula is C15H18N2O3. The molecule has 0 saturated carbocycles. The molecule has 2 heterocycles. The molecule has 0 radical (unpaired) electrons. The van der Waals surface area contributed by atoms with E-state index >= 15 is 0 Å². The molecule has 20 heavy (non-hydrogen) atoms. The van der Waals surface area contributed by atoms with Crippen molar-refractivity contribution in [1.29, 1.82) is 0 Å². The van der Waals surface area contributed by atoms with Crippen molar-refractivity contribution in [3.8, 4) is 0 Å². The minimum atomic E-state index is -1.01. The van der Waals surface area contributed by atoms with Gasteiger partial charge < -0.3 is 15.3 Å². The monoisotopic (exact) mass is 274 g/mol. The van der Waals surface area contributed by atoms with Gasteiger partial charge in [0.1, 0.15) is 5.92 Å². The van der Waals surface area contributed by atoms with Crippen LogP contribution in [0, 0.1) is 12.8 Å². The number of hydrogen-bond donors (Lipinski definition) is 2. The second kappa shape index (κ2) is 4.90. The molecule has 2 aliphatic heterocycles. The number of carboxylic acid groups (broad SMARTS) is 1. The first-order valence-corrected chi connectivity index (χ1v) is 6.92. The lowest BCUT2D eigenvalue weighted by atomic mass is 9.91. The molecule has 3 rings (SSSR count). The fraction of sp³-hybridized carbons (Fsp3) is 0.467. The molecule has 0 aliphatic carbocycles. The van der Waals surface area contributed by atoms with Crippen molar-refractivity contribution >= 4 is 11.9 Å². The van der Waals surface area contributed by atoms with Gasteiger partial charge >= 0.3 is 5.97 Å². The van der Waals surface area contributed by atoms with Crippen LogP contribution < -0.4 is 5.32 Å². The number of amides is 1. The lowest BCUT2D eigenvalue weighted by Crippen LogP contribution is -2.51. The zero-order chi connectivity index (χ0) is 14.3. The van der Waals surface area contributed by atoms with E-state index in [9.17, 15) is 14.7 Å². The van der Waals surface area contributed by atoms with Gasteiger partial charge in [-0.15, -0.1) is 0 Å². The Morgan fingerprint density at radius 1 is 1.40 bits per heavy atom. The Bertz CT molecular complexity index is 558. The van der Waals surface area contributed by atoms with Crippen LogP contribution in [0.4, 0.5) is 0 Å². The molecule has 0 aromatic heterocycles. The topological polar surface area (TPSA) is 69.6 Å². The fourth-order valence-electron chi connectivity index (χ4n) is 3.36. The first-order chi connectivity index (χ1) is 9.59. The number of carboxylic acids is 1. The molecule has 2 saturated heterocycles. The molecule has 3 atom stereocenters. The van der Waals surface area contributed by atoms with Crippen LogP contribution >= 0.6 is 0 Å². The van der Waals surface area contributed by atoms with Crippen LogP contribution in [0.5, 0.6) is 0 Å². The molecule has 0 spiro atoms. The SMILES string of the molecule is Cc1ccccc1C1NCCN2C(=O)C(C(=O)O)CC12. The van der Waals surface area contributed by atoms with E-state index in [4.69, 9.17) is 0 Å². The van der Waals surface area contributed by atoms with E-state index < -0.39 is 11.9 Å². The Morgan fingerprint density at radius 3 is 2.85 bits per heavy atom. The van der Waals surface area contributed by atoms with Gasteiger partial charge in [-0.05, 0) is 24.5 Å². The minimum Gasteiger partial charge on any atom is -0.481 e. The lowest BCUT2D eigenvalue weighted by molar-refractivity contribution is -0.147. The summed E-state index contributed by atoms with van der Waals surface area (Å²) < 4.78 is 0. The van der Waals surface area contributed by atoms with Crippen LogP contribution in [0.25, 0.3) is 0 Å². The van der Waals surface area contributed by atoms with Crippen molar-refractivity contribution in [1.82, 2.24) is 10.2 Å². The van der Waals surface area contributed by atoms with Crippen LogP contribution in [0.3, 0.4) is 0 Å². The first kappa shape index (κ1) is 13.1. The first-order valence-electron chi connectivity index (χ1n) is 6.92. The third-order valence-electron chi connectivity index (χ3n) is 4.38. The Hall–Kier alpha value is -1.88. The Labute approximate surface area is 117 Å². The van der Waals surface area contributed by atoms with E-state index in [1.54, 1.807) is 4.90 Å². The zero-order valence-corrected chi connectivity index (χ0v) is 11.4. The number of nitrogens with zero attached hydrogens (tertiary/aromatic N) is 1. The summed E-state index contributed by atoms with van der Waals surface area (Å²) in [5, 5.41) is 12.6. The molecular weight excluding hydrogens is 256 g/mol. The summed E-state index contributed by atoms with van der Waals surface area (Å²) in [5.41, 5.74) is 2.32. The molecule has 3 unspecified atom stereocenters. The number of aliphatic carboxylic acids is 1. The highest BCUT2D eigenvalue weighted by Gasteiger charge is 2.48. The highest BCUT2D eigenvalue weighted by Crippen LogP contribution is 2.36. The molecule has 106 valence electrons. The van der Waals surface area contributed by atoms with Gasteiger partial charge in [0.15, 0.2) is 0 Å². The number of carbonyl (C=O) groups is 2. The molecule has 2 N–H and O–H groups in total. The van der Waals surface area contributed by atoms with E-state index in [0.29, 0.717) is 19.5 Å². The molecule has 2 aliphatic rings. The van der Waals surface area contributed by atoms with Crippen LogP contribution in [0.1, 0.15) is 23.6 Å². The van der Waals surface area contributed by atoms with Crippen molar-refractivity contribution in [3.63, 3.8) is 0 Å². The Kier molecular flexibility index (Phi) is 3.22. The Morgan fingerprint density at radius 2 is 2.15 bits per heavy atom. The quantitative estimate of drug-likeness (QED) is 0.788. The van der Waals surface area contributed by atoms with Crippen LogP contribution in [-0.2, 0) is 9.59 Å². The van der Waals surface area contributed by atoms with Gasteiger partial charge in [0, 0.05) is 13.1 Å². The molecule has 1 aromatic rings. The molecule has 5 nitrogen and oxygen atoms in total. The zero-order valence-electron chi connectivity index (χ0n) is 11.4. The maximum absolute atomic E-state index is 12.2. The standard InChI is InChI=1S/C15H18N2O3/c1-9-4-2-3-5-10(9)13-12-8-11(15(19)20)14(18)17(12)7-6-16-13/h2-5,11-13,16H,6-8H2,1H3,(H,19,20). The van der Waals surface area contributed by atoms with Gasteiger partial charge in [0.2, 0.25) is 5.91 Å².